The van der Waals surface area contributed by atoms with Gasteiger partial charge in [-0.2, -0.15) is 5.10 Å². The minimum atomic E-state index is 0.122. The fourth-order valence-corrected chi connectivity index (χ4v) is 4.35. The summed E-state index contributed by atoms with van der Waals surface area (Å²) in [4.78, 5) is 21.5. The van der Waals surface area contributed by atoms with E-state index in [1.165, 1.54) is 5.69 Å². The van der Waals surface area contributed by atoms with Crippen LogP contribution in [0.15, 0.2) is 17.6 Å². The molecule has 2 aliphatic heterocycles. The molecular weight excluding hydrogens is 322 g/mol. The molecule has 0 N–H and O–H groups in total. The van der Waals surface area contributed by atoms with Gasteiger partial charge in [0.05, 0.1) is 28.9 Å². The molecule has 1 saturated heterocycles. The molecule has 0 radical (unpaired) electrons. The van der Waals surface area contributed by atoms with E-state index >= 15 is 0 Å². The van der Waals surface area contributed by atoms with Crippen molar-refractivity contribution >= 4 is 17.2 Å². The van der Waals surface area contributed by atoms with Gasteiger partial charge in [0, 0.05) is 44.3 Å². The number of hydrogen-bond donors (Lipinski definition) is 0. The van der Waals surface area contributed by atoms with Gasteiger partial charge in [0.25, 0.3) is 0 Å². The van der Waals surface area contributed by atoms with Crippen LogP contribution in [0.2, 0.25) is 0 Å². The van der Waals surface area contributed by atoms with Gasteiger partial charge in [-0.3, -0.25) is 14.4 Å². The number of carbonyl (C=O) groups excluding carboxylic acids is 1. The Morgan fingerprint density at radius 2 is 2.21 bits per heavy atom. The predicted octanol–water partition coefficient (Wildman–Crippen LogP) is 2.22. The van der Waals surface area contributed by atoms with Gasteiger partial charge in [-0.25, -0.2) is 4.98 Å². The van der Waals surface area contributed by atoms with E-state index in [4.69, 9.17) is 0 Å². The van der Waals surface area contributed by atoms with Crippen LogP contribution in [0.3, 0.4) is 0 Å². The zero-order valence-corrected chi connectivity index (χ0v) is 14.8. The Hall–Kier alpha value is -1.73. The fraction of sp³-hybridized carbons (Fsp3) is 0.588. The summed E-state index contributed by atoms with van der Waals surface area (Å²) in [6.07, 6.45) is 4.66. The Bertz CT molecular complexity index is 718. The van der Waals surface area contributed by atoms with Crippen molar-refractivity contribution in [3.8, 4) is 0 Å². The summed E-state index contributed by atoms with van der Waals surface area (Å²) < 4.78 is 2.05. The standard InChI is InChI=1S/C17H23N5OS/c1-13-19-14(12-24-13)9-20-10-15-4-5-18-22(15)16(11-20)8-17(23)21-6-2-3-7-21/h4-5,12,16H,2-3,6-11H2,1H3/t16-/m0/s1. The van der Waals surface area contributed by atoms with E-state index in [0.29, 0.717) is 6.42 Å². The lowest BCUT2D eigenvalue weighted by Crippen LogP contribution is -2.40. The first kappa shape index (κ1) is 15.8. The second-order valence-corrected chi connectivity index (χ2v) is 7.80. The molecule has 4 heterocycles. The largest absolute Gasteiger partial charge is 0.343 e. The number of nitrogens with zero attached hydrogens (tertiary/aromatic N) is 5. The van der Waals surface area contributed by atoms with Crippen molar-refractivity contribution in [3.63, 3.8) is 0 Å². The maximum Gasteiger partial charge on any atom is 0.224 e. The third-order valence-corrected chi connectivity index (χ3v) is 5.70. The van der Waals surface area contributed by atoms with Gasteiger partial charge in [0.2, 0.25) is 5.91 Å². The van der Waals surface area contributed by atoms with Crippen molar-refractivity contribution in [2.75, 3.05) is 19.6 Å². The van der Waals surface area contributed by atoms with Crippen LogP contribution in [0.4, 0.5) is 0 Å². The highest BCUT2D eigenvalue weighted by atomic mass is 32.1. The highest BCUT2D eigenvalue weighted by Gasteiger charge is 2.29. The molecular formula is C17H23N5OS. The van der Waals surface area contributed by atoms with Crippen molar-refractivity contribution in [3.05, 3.63) is 34.0 Å². The van der Waals surface area contributed by atoms with E-state index in [1.807, 2.05) is 18.0 Å². The lowest BCUT2D eigenvalue weighted by molar-refractivity contribution is -0.131. The fourth-order valence-electron chi connectivity index (χ4n) is 3.74. The monoisotopic (exact) mass is 345 g/mol. The second kappa shape index (κ2) is 6.64. The zero-order chi connectivity index (χ0) is 16.5. The van der Waals surface area contributed by atoms with E-state index in [9.17, 15) is 4.79 Å². The Morgan fingerprint density at radius 1 is 1.38 bits per heavy atom. The topological polar surface area (TPSA) is 54.3 Å². The number of aromatic nitrogens is 3. The zero-order valence-electron chi connectivity index (χ0n) is 14.0. The Balaban J connectivity index is 1.47. The van der Waals surface area contributed by atoms with Crippen molar-refractivity contribution in [1.82, 2.24) is 24.6 Å². The quantitative estimate of drug-likeness (QED) is 0.853. The highest BCUT2D eigenvalue weighted by Crippen LogP contribution is 2.26. The Kier molecular flexibility index (Phi) is 4.37. The minimum Gasteiger partial charge on any atom is -0.343 e. The van der Waals surface area contributed by atoms with Crippen LogP contribution in [0.5, 0.6) is 0 Å². The number of rotatable bonds is 4. The molecule has 7 heteroatoms. The third kappa shape index (κ3) is 3.23. The van der Waals surface area contributed by atoms with E-state index in [1.54, 1.807) is 11.3 Å². The molecule has 4 rings (SSSR count). The van der Waals surface area contributed by atoms with E-state index in [2.05, 4.69) is 31.1 Å². The average molecular weight is 345 g/mol. The molecule has 128 valence electrons. The summed E-state index contributed by atoms with van der Waals surface area (Å²) in [5.74, 6) is 0.269. The summed E-state index contributed by atoms with van der Waals surface area (Å²) >= 11 is 1.69. The van der Waals surface area contributed by atoms with Crippen LogP contribution in [0.25, 0.3) is 0 Å². The van der Waals surface area contributed by atoms with E-state index in [0.717, 1.165) is 56.3 Å². The summed E-state index contributed by atoms with van der Waals surface area (Å²) in [6, 6.07) is 2.18. The van der Waals surface area contributed by atoms with E-state index in [-0.39, 0.29) is 11.9 Å². The highest BCUT2D eigenvalue weighted by molar-refractivity contribution is 7.09. The molecule has 0 bridgehead atoms. The number of thiazole rings is 1. The van der Waals surface area contributed by atoms with Gasteiger partial charge in [0.15, 0.2) is 0 Å². The molecule has 0 spiro atoms. The number of carbonyl (C=O) groups is 1. The Morgan fingerprint density at radius 3 is 2.96 bits per heavy atom. The number of fused-ring (bicyclic) bond motifs is 1. The summed E-state index contributed by atoms with van der Waals surface area (Å²) in [6.45, 7) is 6.43. The Labute approximate surface area is 146 Å². The van der Waals surface area contributed by atoms with Crippen LogP contribution >= 0.6 is 11.3 Å². The molecule has 1 amide bonds. The molecule has 2 aromatic rings. The molecule has 6 nitrogen and oxygen atoms in total. The number of amides is 1. The smallest absolute Gasteiger partial charge is 0.224 e. The lowest BCUT2D eigenvalue weighted by Gasteiger charge is -2.34. The van der Waals surface area contributed by atoms with Crippen LogP contribution < -0.4 is 0 Å². The van der Waals surface area contributed by atoms with Crippen molar-refractivity contribution < 1.29 is 4.79 Å². The van der Waals surface area contributed by atoms with Crippen molar-refractivity contribution in [2.45, 2.75) is 45.3 Å². The first-order chi connectivity index (χ1) is 11.7. The van der Waals surface area contributed by atoms with Gasteiger partial charge < -0.3 is 4.90 Å². The summed E-state index contributed by atoms with van der Waals surface area (Å²) in [7, 11) is 0. The van der Waals surface area contributed by atoms with Crippen LogP contribution in [0, 0.1) is 6.92 Å². The molecule has 2 aromatic heterocycles. The molecule has 2 aliphatic rings. The van der Waals surface area contributed by atoms with Gasteiger partial charge in [0.1, 0.15) is 0 Å². The van der Waals surface area contributed by atoms with Crippen molar-refractivity contribution in [1.29, 1.82) is 0 Å². The molecule has 0 aliphatic carbocycles. The summed E-state index contributed by atoms with van der Waals surface area (Å²) in [5.41, 5.74) is 2.31. The molecule has 0 aromatic carbocycles. The van der Waals surface area contributed by atoms with Gasteiger partial charge in [-0.1, -0.05) is 0 Å². The SMILES string of the molecule is Cc1nc(CN2Cc3ccnn3[C@@H](CC(=O)N3CCCC3)C2)cs1. The molecule has 0 unspecified atom stereocenters. The van der Waals surface area contributed by atoms with Crippen LogP contribution in [-0.2, 0) is 17.9 Å². The molecule has 0 saturated carbocycles. The first-order valence-corrected chi connectivity index (χ1v) is 9.50. The second-order valence-electron chi connectivity index (χ2n) is 6.74. The molecule has 1 atom stereocenters. The average Bonchev–Trinajstić information content (AvgIpc) is 3.28. The van der Waals surface area contributed by atoms with Gasteiger partial charge in [-0.05, 0) is 25.8 Å². The number of hydrogen-bond acceptors (Lipinski definition) is 5. The minimum absolute atomic E-state index is 0.122. The summed E-state index contributed by atoms with van der Waals surface area (Å²) in [5, 5.41) is 7.70. The van der Waals surface area contributed by atoms with Crippen LogP contribution in [-0.4, -0.2) is 50.1 Å². The number of aryl methyl sites for hydroxylation is 1. The molecule has 24 heavy (non-hydrogen) atoms. The molecule has 1 fully saturated rings. The van der Waals surface area contributed by atoms with Crippen LogP contribution in [0.1, 0.15) is 41.7 Å². The van der Waals surface area contributed by atoms with Gasteiger partial charge in [-0.15, -0.1) is 11.3 Å². The normalized spacial score (nSPS) is 21.2. The number of likely N-dealkylation sites (tertiary alicyclic amines) is 1. The first-order valence-electron chi connectivity index (χ1n) is 8.62. The third-order valence-electron chi connectivity index (χ3n) is 4.87. The van der Waals surface area contributed by atoms with Crippen molar-refractivity contribution in [2.24, 2.45) is 0 Å². The van der Waals surface area contributed by atoms with Gasteiger partial charge >= 0.3 is 0 Å². The lowest BCUT2D eigenvalue weighted by atomic mass is 10.1. The predicted molar refractivity (Wildman–Crippen MR) is 92.7 cm³/mol. The van der Waals surface area contributed by atoms with E-state index < -0.39 is 0 Å². The maximum absolute atomic E-state index is 12.6. The maximum atomic E-state index is 12.6.